The molecule has 0 saturated carbocycles. The Morgan fingerprint density at radius 1 is 1.20 bits per heavy atom. The van der Waals surface area contributed by atoms with Crippen molar-refractivity contribution < 1.29 is 17.9 Å². The second-order valence-electron chi connectivity index (χ2n) is 4.18. The van der Waals surface area contributed by atoms with Gasteiger partial charge in [-0.25, -0.2) is 0 Å². The molecule has 3 nitrogen and oxygen atoms in total. The number of ether oxygens (including phenoxy) is 1. The number of benzene rings is 1. The third-order valence-corrected chi connectivity index (χ3v) is 2.72. The van der Waals surface area contributed by atoms with E-state index in [1.54, 1.807) is 12.1 Å². The summed E-state index contributed by atoms with van der Waals surface area (Å²) in [6.45, 7) is 1.93. The third-order valence-electron chi connectivity index (χ3n) is 2.72. The van der Waals surface area contributed by atoms with Crippen LogP contribution in [0, 0.1) is 0 Å². The summed E-state index contributed by atoms with van der Waals surface area (Å²) in [5.41, 5.74) is 5.39. The van der Waals surface area contributed by atoms with E-state index in [0.717, 1.165) is 17.7 Å². The highest BCUT2D eigenvalue weighted by molar-refractivity contribution is 5.42. The Morgan fingerprint density at radius 3 is 2.55 bits per heavy atom. The minimum Gasteiger partial charge on any atom is -0.439 e. The lowest BCUT2D eigenvalue weighted by Gasteiger charge is -2.12. The van der Waals surface area contributed by atoms with E-state index < -0.39 is 11.7 Å². The highest BCUT2D eigenvalue weighted by atomic mass is 19.4. The van der Waals surface area contributed by atoms with Crippen LogP contribution in [-0.2, 0) is 12.6 Å². The number of nitrogens with two attached hydrogens (primary N) is 1. The van der Waals surface area contributed by atoms with Gasteiger partial charge in [0, 0.05) is 6.07 Å². The fraction of sp³-hybridized carbons (Fsp3) is 0.214. The van der Waals surface area contributed by atoms with Crippen LogP contribution in [-0.4, -0.2) is 4.98 Å². The van der Waals surface area contributed by atoms with E-state index in [0.29, 0.717) is 12.2 Å². The van der Waals surface area contributed by atoms with Crippen LogP contribution in [0.3, 0.4) is 0 Å². The lowest BCUT2D eigenvalue weighted by atomic mass is 10.1. The van der Waals surface area contributed by atoms with Crippen molar-refractivity contribution in [1.82, 2.24) is 4.98 Å². The number of aromatic nitrogens is 1. The fourth-order valence-corrected chi connectivity index (χ4v) is 1.75. The maximum Gasteiger partial charge on any atom is 0.416 e. The highest BCUT2D eigenvalue weighted by Crippen LogP contribution is 2.33. The van der Waals surface area contributed by atoms with E-state index in [2.05, 4.69) is 4.98 Å². The summed E-state index contributed by atoms with van der Waals surface area (Å²) in [5.74, 6) is 0.0725. The zero-order valence-corrected chi connectivity index (χ0v) is 10.7. The zero-order valence-electron chi connectivity index (χ0n) is 10.7. The smallest absolute Gasteiger partial charge is 0.416 e. The first-order chi connectivity index (χ1) is 9.40. The van der Waals surface area contributed by atoms with Crippen molar-refractivity contribution in [2.24, 2.45) is 0 Å². The van der Waals surface area contributed by atoms with Crippen molar-refractivity contribution in [2.75, 3.05) is 5.73 Å². The first-order valence-electron chi connectivity index (χ1n) is 6.00. The average molecular weight is 282 g/mol. The predicted octanol–water partition coefficient (Wildman–Crippen LogP) is 4.04. The molecule has 0 unspecified atom stereocenters. The number of nitrogens with zero attached hydrogens (tertiary/aromatic N) is 1. The van der Waals surface area contributed by atoms with Crippen LogP contribution < -0.4 is 10.5 Å². The van der Waals surface area contributed by atoms with Crippen LogP contribution in [0.2, 0.25) is 0 Å². The minimum atomic E-state index is -4.49. The molecule has 20 heavy (non-hydrogen) atoms. The molecule has 0 spiro atoms. The highest BCUT2D eigenvalue weighted by Gasteiger charge is 2.31. The molecule has 2 N–H and O–H groups in total. The number of pyridine rings is 1. The Balaban J connectivity index is 2.36. The predicted molar refractivity (Wildman–Crippen MR) is 69.5 cm³/mol. The molecule has 0 radical (unpaired) electrons. The van der Waals surface area contributed by atoms with Crippen molar-refractivity contribution >= 4 is 5.82 Å². The van der Waals surface area contributed by atoms with Crippen LogP contribution in [0.25, 0.3) is 0 Å². The van der Waals surface area contributed by atoms with Gasteiger partial charge in [-0.05, 0) is 24.1 Å². The molecular formula is C14H13F3N2O. The maximum atomic E-state index is 12.7. The van der Waals surface area contributed by atoms with Gasteiger partial charge < -0.3 is 10.5 Å². The van der Waals surface area contributed by atoms with Gasteiger partial charge in [0.05, 0.1) is 5.56 Å². The Labute approximate surface area is 114 Å². The number of halogens is 3. The molecule has 1 heterocycles. The van der Waals surface area contributed by atoms with E-state index in [-0.39, 0.29) is 11.7 Å². The number of para-hydroxylation sites is 1. The molecule has 0 bridgehead atoms. The number of alkyl halides is 3. The van der Waals surface area contributed by atoms with Gasteiger partial charge in [-0.2, -0.15) is 18.2 Å². The van der Waals surface area contributed by atoms with Crippen molar-refractivity contribution in [3.63, 3.8) is 0 Å². The molecule has 1 aromatic carbocycles. The number of aryl methyl sites for hydroxylation is 1. The Kier molecular flexibility index (Phi) is 3.83. The molecule has 0 aliphatic rings. The first-order valence-corrected chi connectivity index (χ1v) is 6.00. The Morgan fingerprint density at radius 2 is 1.90 bits per heavy atom. The van der Waals surface area contributed by atoms with Gasteiger partial charge in [0.1, 0.15) is 11.6 Å². The van der Waals surface area contributed by atoms with Gasteiger partial charge >= 0.3 is 6.18 Å². The quantitative estimate of drug-likeness (QED) is 0.924. The van der Waals surface area contributed by atoms with Crippen molar-refractivity contribution in [3.05, 3.63) is 47.5 Å². The molecule has 0 aliphatic heterocycles. The van der Waals surface area contributed by atoms with Gasteiger partial charge in [-0.1, -0.05) is 25.1 Å². The largest absolute Gasteiger partial charge is 0.439 e. The fourth-order valence-electron chi connectivity index (χ4n) is 1.75. The lowest BCUT2D eigenvalue weighted by Crippen LogP contribution is -2.07. The van der Waals surface area contributed by atoms with Crippen LogP contribution >= 0.6 is 0 Å². The van der Waals surface area contributed by atoms with E-state index in [1.807, 2.05) is 19.1 Å². The number of hydrogen-bond acceptors (Lipinski definition) is 3. The molecule has 2 rings (SSSR count). The van der Waals surface area contributed by atoms with E-state index >= 15 is 0 Å². The van der Waals surface area contributed by atoms with Gasteiger partial charge in [0.15, 0.2) is 0 Å². The van der Waals surface area contributed by atoms with Crippen LogP contribution in [0.5, 0.6) is 11.6 Å². The van der Waals surface area contributed by atoms with Gasteiger partial charge in [0.2, 0.25) is 5.88 Å². The summed E-state index contributed by atoms with van der Waals surface area (Å²) in [6.07, 6.45) is -3.79. The summed E-state index contributed by atoms with van der Waals surface area (Å²) < 4.78 is 43.5. The molecule has 6 heteroatoms. The summed E-state index contributed by atoms with van der Waals surface area (Å²) in [4.78, 5) is 3.77. The van der Waals surface area contributed by atoms with Crippen LogP contribution in [0.1, 0.15) is 18.1 Å². The lowest BCUT2D eigenvalue weighted by molar-refractivity contribution is -0.137. The average Bonchev–Trinajstić information content (AvgIpc) is 2.37. The first kappa shape index (κ1) is 14.2. The third kappa shape index (κ3) is 3.20. The normalized spacial score (nSPS) is 11.4. The Hall–Kier alpha value is -2.24. The second kappa shape index (κ2) is 5.40. The summed E-state index contributed by atoms with van der Waals surface area (Å²) >= 11 is 0. The SMILES string of the molecule is CCc1ccccc1Oc1cc(C(F)(F)F)cc(N)n1. The summed E-state index contributed by atoms with van der Waals surface area (Å²) in [6, 6.07) is 8.70. The number of nitrogen functional groups attached to an aromatic ring is 1. The van der Waals surface area contributed by atoms with Crippen LogP contribution in [0.4, 0.5) is 19.0 Å². The molecule has 0 fully saturated rings. The molecule has 0 aliphatic carbocycles. The maximum absolute atomic E-state index is 12.7. The molecular weight excluding hydrogens is 269 g/mol. The summed E-state index contributed by atoms with van der Waals surface area (Å²) in [5, 5.41) is 0. The van der Waals surface area contributed by atoms with Crippen LogP contribution in [0.15, 0.2) is 36.4 Å². The number of hydrogen-bond donors (Lipinski definition) is 1. The number of rotatable bonds is 3. The molecule has 0 atom stereocenters. The van der Waals surface area contributed by atoms with Gasteiger partial charge in [0.25, 0.3) is 0 Å². The van der Waals surface area contributed by atoms with Crippen molar-refractivity contribution in [3.8, 4) is 11.6 Å². The summed E-state index contributed by atoms with van der Waals surface area (Å²) in [7, 11) is 0. The van der Waals surface area contributed by atoms with E-state index in [4.69, 9.17) is 10.5 Å². The molecule has 0 saturated heterocycles. The monoisotopic (exact) mass is 282 g/mol. The van der Waals surface area contributed by atoms with Gasteiger partial charge in [-0.15, -0.1) is 0 Å². The molecule has 106 valence electrons. The van der Waals surface area contributed by atoms with Crippen molar-refractivity contribution in [1.29, 1.82) is 0 Å². The van der Waals surface area contributed by atoms with E-state index in [1.165, 1.54) is 0 Å². The molecule has 2 aromatic rings. The topological polar surface area (TPSA) is 48.1 Å². The number of anilines is 1. The Bertz CT molecular complexity index is 612. The standard InChI is InChI=1S/C14H13F3N2O/c1-2-9-5-3-4-6-11(9)20-13-8-10(14(15,16)17)7-12(18)19-13/h3-8H,2H2,1H3,(H2,18,19). The minimum absolute atomic E-state index is 0.168. The second-order valence-corrected chi connectivity index (χ2v) is 4.18. The van der Waals surface area contributed by atoms with E-state index in [9.17, 15) is 13.2 Å². The van der Waals surface area contributed by atoms with Crippen molar-refractivity contribution in [2.45, 2.75) is 19.5 Å². The molecule has 0 amide bonds. The molecule has 1 aromatic heterocycles. The zero-order chi connectivity index (χ0) is 14.8. The van der Waals surface area contributed by atoms with Gasteiger partial charge in [-0.3, -0.25) is 0 Å².